The molecule has 1 aromatic rings. The summed E-state index contributed by atoms with van der Waals surface area (Å²) in [7, 11) is 0. The van der Waals surface area contributed by atoms with E-state index in [4.69, 9.17) is 17.3 Å². The largest absolute Gasteiger partial charge is 0.368 e. The second-order valence-electron chi connectivity index (χ2n) is 4.34. The van der Waals surface area contributed by atoms with Gasteiger partial charge in [0.05, 0.1) is 0 Å². The molecule has 0 heterocycles. The Hall–Kier alpha value is -1.55. The average Bonchev–Trinajstić information content (AvgIpc) is 2.38. The average molecular weight is 269 g/mol. The van der Waals surface area contributed by atoms with Crippen LogP contribution in [0, 0.1) is 0 Å². The summed E-state index contributed by atoms with van der Waals surface area (Å²) in [5.41, 5.74) is 5.57. The molecule has 0 bridgehead atoms. The van der Waals surface area contributed by atoms with Crippen molar-refractivity contribution in [3.63, 3.8) is 0 Å². The van der Waals surface area contributed by atoms with Gasteiger partial charge in [0.1, 0.15) is 5.54 Å². The van der Waals surface area contributed by atoms with Gasteiger partial charge in [-0.15, -0.1) is 11.6 Å². The Kier molecular flexibility index (Phi) is 4.73. The molecule has 3 N–H and O–H groups in total. The van der Waals surface area contributed by atoms with Crippen LogP contribution < -0.4 is 11.1 Å². The minimum Gasteiger partial charge on any atom is -0.368 e. The van der Waals surface area contributed by atoms with Crippen molar-refractivity contribution in [2.24, 2.45) is 5.73 Å². The number of carbonyl (C=O) groups excluding carboxylic acids is 2. The number of benzene rings is 1. The van der Waals surface area contributed by atoms with E-state index in [-0.39, 0.29) is 5.91 Å². The maximum Gasteiger partial charge on any atom is 0.252 e. The number of halogens is 1. The molecule has 4 nitrogen and oxygen atoms in total. The number of carbonyl (C=O) groups is 2. The first-order valence-electron chi connectivity index (χ1n) is 5.70. The van der Waals surface area contributed by atoms with Crippen molar-refractivity contribution in [2.75, 3.05) is 0 Å². The van der Waals surface area contributed by atoms with Crippen LogP contribution in [-0.2, 0) is 10.7 Å². The van der Waals surface area contributed by atoms with Gasteiger partial charge in [0.25, 0.3) is 5.91 Å². The van der Waals surface area contributed by atoms with Gasteiger partial charge in [-0.2, -0.15) is 0 Å². The molecule has 2 amide bonds. The molecule has 0 aliphatic rings. The fourth-order valence-electron chi connectivity index (χ4n) is 1.44. The minimum atomic E-state index is -1.03. The third-order valence-corrected chi connectivity index (χ3v) is 3.29. The highest BCUT2D eigenvalue weighted by molar-refractivity contribution is 6.17. The summed E-state index contributed by atoms with van der Waals surface area (Å²) in [6.07, 6.45) is 0.434. The van der Waals surface area contributed by atoms with Gasteiger partial charge in [-0.05, 0) is 31.0 Å². The number of amides is 2. The first-order valence-corrected chi connectivity index (χ1v) is 6.23. The monoisotopic (exact) mass is 268 g/mol. The molecule has 0 radical (unpaired) electrons. The summed E-state index contributed by atoms with van der Waals surface area (Å²) >= 11 is 5.71. The van der Waals surface area contributed by atoms with Crippen LogP contribution in [-0.4, -0.2) is 17.4 Å². The molecule has 0 aliphatic carbocycles. The van der Waals surface area contributed by atoms with Gasteiger partial charge in [-0.1, -0.05) is 19.1 Å². The summed E-state index contributed by atoms with van der Waals surface area (Å²) < 4.78 is 0. The second kappa shape index (κ2) is 5.87. The maximum atomic E-state index is 12.0. The topological polar surface area (TPSA) is 72.2 Å². The molecule has 0 aromatic heterocycles. The normalized spacial score (nSPS) is 13.7. The van der Waals surface area contributed by atoms with Crippen molar-refractivity contribution in [1.82, 2.24) is 5.32 Å². The van der Waals surface area contributed by atoms with Crippen molar-refractivity contribution in [2.45, 2.75) is 31.7 Å². The molecule has 0 saturated carbocycles. The molecule has 5 heteroatoms. The lowest BCUT2D eigenvalue weighted by atomic mass is 9.97. The molecule has 0 saturated heterocycles. The Balaban J connectivity index is 2.91. The van der Waals surface area contributed by atoms with E-state index in [0.717, 1.165) is 5.56 Å². The maximum absolute atomic E-state index is 12.0. The van der Waals surface area contributed by atoms with Crippen LogP contribution in [0.4, 0.5) is 0 Å². The fourth-order valence-corrected chi connectivity index (χ4v) is 1.61. The molecule has 1 atom stereocenters. The van der Waals surface area contributed by atoms with Crippen molar-refractivity contribution in [3.8, 4) is 0 Å². The molecule has 0 fully saturated rings. The van der Waals surface area contributed by atoms with Crippen LogP contribution in [0.5, 0.6) is 0 Å². The Bertz CT molecular complexity index is 462. The number of nitrogens with one attached hydrogen (secondary N) is 1. The number of hydrogen-bond acceptors (Lipinski definition) is 2. The Morgan fingerprint density at radius 1 is 1.44 bits per heavy atom. The number of hydrogen-bond donors (Lipinski definition) is 2. The highest BCUT2D eigenvalue weighted by Crippen LogP contribution is 2.12. The molecule has 1 aromatic carbocycles. The second-order valence-corrected chi connectivity index (χ2v) is 4.61. The molecule has 18 heavy (non-hydrogen) atoms. The lowest BCUT2D eigenvalue weighted by Gasteiger charge is -2.25. The zero-order valence-electron chi connectivity index (χ0n) is 10.5. The smallest absolute Gasteiger partial charge is 0.252 e. The molecule has 0 spiro atoms. The number of rotatable bonds is 5. The van der Waals surface area contributed by atoms with Crippen molar-refractivity contribution >= 4 is 23.4 Å². The van der Waals surface area contributed by atoms with Crippen LogP contribution in [0.1, 0.15) is 36.2 Å². The molecule has 0 aliphatic heterocycles. The number of alkyl halides is 1. The van der Waals surface area contributed by atoms with Crippen LogP contribution >= 0.6 is 11.6 Å². The number of primary amides is 1. The first-order chi connectivity index (χ1) is 8.42. The summed E-state index contributed by atoms with van der Waals surface area (Å²) in [6, 6.07) is 6.94. The van der Waals surface area contributed by atoms with Gasteiger partial charge in [0, 0.05) is 11.4 Å². The molecule has 1 rings (SSSR count). The predicted molar refractivity (Wildman–Crippen MR) is 71.4 cm³/mol. The minimum absolute atomic E-state index is 0.329. The van der Waals surface area contributed by atoms with E-state index < -0.39 is 11.4 Å². The van der Waals surface area contributed by atoms with Gasteiger partial charge in [0.2, 0.25) is 5.91 Å². The standard InChI is InChI=1S/C13H17ClN2O2/c1-3-13(2,12(15)18)16-11(17)10-6-4-5-9(7-10)8-14/h4-7H,3,8H2,1-2H3,(H2,15,18)(H,16,17). The zero-order valence-corrected chi connectivity index (χ0v) is 11.3. The van der Waals surface area contributed by atoms with Crippen LogP contribution in [0.2, 0.25) is 0 Å². The fraction of sp³-hybridized carbons (Fsp3) is 0.385. The van der Waals surface area contributed by atoms with Crippen molar-refractivity contribution in [3.05, 3.63) is 35.4 Å². The van der Waals surface area contributed by atoms with Gasteiger partial charge in [-0.25, -0.2) is 0 Å². The quantitative estimate of drug-likeness (QED) is 0.800. The first kappa shape index (κ1) is 14.5. The zero-order chi connectivity index (χ0) is 13.8. The predicted octanol–water partition coefficient (Wildman–Crippen LogP) is 1.81. The molecule has 98 valence electrons. The summed E-state index contributed by atoms with van der Waals surface area (Å²) in [5.74, 6) is -0.543. The van der Waals surface area contributed by atoms with E-state index in [9.17, 15) is 9.59 Å². The molecular weight excluding hydrogens is 252 g/mol. The Morgan fingerprint density at radius 3 is 2.61 bits per heavy atom. The van der Waals surface area contributed by atoms with E-state index in [1.807, 2.05) is 6.07 Å². The lowest BCUT2D eigenvalue weighted by Crippen LogP contribution is -2.54. The van der Waals surface area contributed by atoms with Gasteiger partial charge < -0.3 is 11.1 Å². The van der Waals surface area contributed by atoms with Crippen LogP contribution in [0.15, 0.2) is 24.3 Å². The number of nitrogens with two attached hydrogens (primary N) is 1. The third-order valence-electron chi connectivity index (χ3n) is 2.98. The summed E-state index contributed by atoms with van der Waals surface area (Å²) in [6.45, 7) is 3.40. The SMILES string of the molecule is CCC(C)(NC(=O)c1cccc(CCl)c1)C(N)=O. The van der Waals surface area contributed by atoms with Gasteiger partial charge in [-0.3, -0.25) is 9.59 Å². The highest BCUT2D eigenvalue weighted by Gasteiger charge is 2.30. The Labute approximate surface area is 112 Å². The highest BCUT2D eigenvalue weighted by atomic mass is 35.5. The van der Waals surface area contributed by atoms with E-state index in [1.165, 1.54) is 0 Å². The molecular formula is C13H17ClN2O2. The van der Waals surface area contributed by atoms with Crippen LogP contribution in [0.3, 0.4) is 0 Å². The third kappa shape index (κ3) is 3.23. The van der Waals surface area contributed by atoms with Crippen molar-refractivity contribution in [1.29, 1.82) is 0 Å². The van der Waals surface area contributed by atoms with E-state index >= 15 is 0 Å². The van der Waals surface area contributed by atoms with E-state index in [1.54, 1.807) is 32.0 Å². The van der Waals surface area contributed by atoms with Crippen LogP contribution in [0.25, 0.3) is 0 Å². The van der Waals surface area contributed by atoms with Gasteiger partial charge in [0.15, 0.2) is 0 Å². The molecule has 1 unspecified atom stereocenters. The van der Waals surface area contributed by atoms with E-state index in [2.05, 4.69) is 5.32 Å². The summed E-state index contributed by atoms with van der Waals surface area (Å²) in [5, 5.41) is 2.65. The Morgan fingerprint density at radius 2 is 2.11 bits per heavy atom. The summed E-state index contributed by atoms with van der Waals surface area (Å²) in [4.78, 5) is 23.4. The van der Waals surface area contributed by atoms with E-state index in [0.29, 0.717) is 17.9 Å². The lowest BCUT2D eigenvalue weighted by molar-refractivity contribution is -0.123. The van der Waals surface area contributed by atoms with Crippen molar-refractivity contribution < 1.29 is 9.59 Å². The van der Waals surface area contributed by atoms with Gasteiger partial charge >= 0.3 is 0 Å².